The number of unbranched alkanes of at least 4 members (excludes halogenated alkanes) is 1. The minimum Gasteiger partial charge on any atom is -0.494 e. The SMILES string of the molecule is CCCCOc1ccc(-c2noc(-c3ccc(C(=O)Oc4ccc(Cl)cc4)cc3)n2)cc1. The molecule has 1 heterocycles. The van der Waals surface area contributed by atoms with E-state index in [0.717, 1.165) is 24.2 Å². The van der Waals surface area contributed by atoms with Crippen LogP contribution in [0.4, 0.5) is 0 Å². The second kappa shape index (κ2) is 10.1. The Kier molecular flexibility index (Phi) is 6.82. The fraction of sp³-hybridized carbons (Fsp3) is 0.160. The Morgan fingerprint density at radius 2 is 1.56 bits per heavy atom. The van der Waals surface area contributed by atoms with Crippen LogP contribution < -0.4 is 9.47 Å². The van der Waals surface area contributed by atoms with Gasteiger partial charge in [0.2, 0.25) is 5.82 Å². The number of esters is 1. The van der Waals surface area contributed by atoms with Gasteiger partial charge in [-0.3, -0.25) is 0 Å². The highest BCUT2D eigenvalue weighted by atomic mass is 35.5. The zero-order chi connectivity index (χ0) is 22.3. The number of rotatable bonds is 8. The van der Waals surface area contributed by atoms with Crippen LogP contribution in [0.1, 0.15) is 30.1 Å². The lowest BCUT2D eigenvalue weighted by atomic mass is 10.1. The highest BCUT2D eigenvalue weighted by Crippen LogP contribution is 2.25. The van der Waals surface area contributed by atoms with E-state index < -0.39 is 5.97 Å². The number of nitrogens with zero attached hydrogens (tertiary/aromatic N) is 2. The van der Waals surface area contributed by atoms with Gasteiger partial charge in [0.1, 0.15) is 11.5 Å². The quantitative estimate of drug-likeness (QED) is 0.175. The number of hydrogen-bond acceptors (Lipinski definition) is 6. The summed E-state index contributed by atoms with van der Waals surface area (Å²) in [6, 6.07) is 20.9. The van der Waals surface area contributed by atoms with Gasteiger partial charge in [0.15, 0.2) is 0 Å². The molecule has 1 aromatic heterocycles. The number of halogens is 1. The van der Waals surface area contributed by atoms with Crippen molar-refractivity contribution in [2.24, 2.45) is 0 Å². The summed E-state index contributed by atoms with van der Waals surface area (Å²) in [6.45, 7) is 2.83. The summed E-state index contributed by atoms with van der Waals surface area (Å²) >= 11 is 5.85. The number of carbonyl (C=O) groups is 1. The van der Waals surface area contributed by atoms with Crippen LogP contribution in [-0.2, 0) is 0 Å². The van der Waals surface area contributed by atoms with Gasteiger partial charge in [-0.1, -0.05) is 30.1 Å². The number of hydrogen-bond donors (Lipinski definition) is 0. The Balaban J connectivity index is 1.41. The van der Waals surface area contributed by atoms with Crippen molar-refractivity contribution in [3.8, 4) is 34.3 Å². The number of ether oxygens (including phenoxy) is 2. The van der Waals surface area contributed by atoms with Gasteiger partial charge in [-0.25, -0.2) is 4.79 Å². The molecule has 162 valence electrons. The van der Waals surface area contributed by atoms with Crippen LogP contribution >= 0.6 is 11.6 Å². The fourth-order valence-corrected chi connectivity index (χ4v) is 3.04. The van der Waals surface area contributed by atoms with Gasteiger partial charge < -0.3 is 14.0 Å². The van der Waals surface area contributed by atoms with Crippen LogP contribution in [-0.4, -0.2) is 22.7 Å². The number of carbonyl (C=O) groups excluding carboxylic acids is 1. The normalized spacial score (nSPS) is 10.7. The minimum atomic E-state index is -0.466. The van der Waals surface area contributed by atoms with Crippen molar-refractivity contribution in [3.05, 3.63) is 83.4 Å². The van der Waals surface area contributed by atoms with E-state index in [1.165, 1.54) is 0 Å². The molecule has 0 N–H and O–H groups in total. The average molecular weight is 449 g/mol. The predicted molar refractivity (Wildman–Crippen MR) is 122 cm³/mol. The summed E-state index contributed by atoms with van der Waals surface area (Å²) in [5.41, 5.74) is 1.93. The molecule has 0 atom stereocenters. The van der Waals surface area contributed by atoms with Crippen molar-refractivity contribution in [1.82, 2.24) is 10.1 Å². The predicted octanol–water partition coefficient (Wildman–Crippen LogP) is 6.46. The van der Waals surface area contributed by atoms with Crippen LogP contribution in [0.3, 0.4) is 0 Å². The molecule has 0 aliphatic carbocycles. The molecule has 0 saturated carbocycles. The van der Waals surface area contributed by atoms with Crippen molar-refractivity contribution in [2.75, 3.05) is 6.61 Å². The minimum absolute atomic E-state index is 0.362. The molecule has 0 unspecified atom stereocenters. The standard InChI is InChI=1S/C25H21ClN2O4/c1-2-3-16-30-21-12-8-17(9-13-21)23-27-24(32-28-23)18-4-6-19(7-5-18)25(29)31-22-14-10-20(26)11-15-22/h4-15H,2-3,16H2,1H3. The molecule has 32 heavy (non-hydrogen) atoms. The molecule has 0 amide bonds. The molecule has 0 saturated heterocycles. The lowest BCUT2D eigenvalue weighted by Crippen LogP contribution is -2.08. The van der Waals surface area contributed by atoms with Crippen molar-refractivity contribution < 1.29 is 18.8 Å². The molecular formula is C25H21ClN2O4. The zero-order valence-electron chi connectivity index (χ0n) is 17.5. The van der Waals surface area contributed by atoms with E-state index in [2.05, 4.69) is 17.1 Å². The smallest absolute Gasteiger partial charge is 0.343 e. The molecule has 4 aromatic rings. The lowest BCUT2D eigenvalue weighted by Gasteiger charge is -2.05. The van der Waals surface area contributed by atoms with Crippen LogP contribution in [0.2, 0.25) is 5.02 Å². The van der Waals surface area contributed by atoms with Crippen molar-refractivity contribution in [2.45, 2.75) is 19.8 Å². The van der Waals surface area contributed by atoms with Crippen LogP contribution in [0.25, 0.3) is 22.8 Å². The van der Waals surface area contributed by atoms with Gasteiger partial charge in [0.25, 0.3) is 5.89 Å². The number of benzene rings is 3. The first-order chi connectivity index (χ1) is 15.6. The third-order valence-corrected chi connectivity index (χ3v) is 4.95. The van der Waals surface area contributed by atoms with Crippen LogP contribution in [0.5, 0.6) is 11.5 Å². The third kappa shape index (κ3) is 5.34. The van der Waals surface area contributed by atoms with Crippen LogP contribution in [0.15, 0.2) is 77.3 Å². The van der Waals surface area contributed by atoms with Gasteiger partial charge in [0, 0.05) is 16.1 Å². The average Bonchev–Trinajstić information content (AvgIpc) is 3.32. The topological polar surface area (TPSA) is 74.5 Å². The van der Waals surface area contributed by atoms with E-state index >= 15 is 0 Å². The molecule has 0 aliphatic rings. The zero-order valence-corrected chi connectivity index (χ0v) is 18.2. The largest absolute Gasteiger partial charge is 0.494 e. The first-order valence-corrected chi connectivity index (χ1v) is 10.7. The summed E-state index contributed by atoms with van der Waals surface area (Å²) < 4.78 is 16.4. The second-order valence-corrected chi connectivity index (χ2v) is 7.51. The fourth-order valence-electron chi connectivity index (χ4n) is 2.91. The Bertz CT molecular complexity index is 1170. The van der Waals surface area contributed by atoms with E-state index in [0.29, 0.717) is 40.2 Å². The van der Waals surface area contributed by atoms with E-state index in [4.69, 9.17) is 25.6 Å². The highest BCUT2D eigenvalue weighted by Gasteiger charge is 2.13. The van der Waals surface area contributed by atoms with E-state index in [9.17, 15) is 4.79 Å². The van der Waals surface area contributed by atoms with Gasteiger partial charge in [-0.05, 0) is 79.2 Å². The molecule has 4 rings (SSSR count). The molecule has 6 nitrogen and oxygen atoms in total. The molecule has 3 aromatic carbocycles. The maximum atomic E-state index is 12.3. The van der Waals surface area contributed by atoms with E-state index in [1.807, 2.05) is 24.3 Å². The molecular weight excluding hydrogens is 428 g/mol. The second-order valence-electron chi connectivity index (χ2n) is 7.07. The Morgan fingerprint density at radius 1 is 0.906 bits per heavy atom. The Labute approximate surface area is 190 Å². The summed E-state index contributed by atoms with van der Waals surface area (Å²) in [4.78, 5) is 16.8. The molecule has 0 bridgehead atoms. The number of aromatic nitrogens is 2. The van der Waals surface area contributed by atoms with Crippen molar-refractivity contribution in [1.29, 1.82) is 0 Å². The Hall–Kier alpha value is -3.64. The molecule has 0 fully saturated rings. The maximum Gasteiger partial charge on any atom is 0.343 e. The van der Waals surface area contributed by atoms with Crippen molar-refractivity contribution in [3.63, 3.8) is 0 Å². The molecule has 0 radical (unpaired) electrons. The Morgan fingerprint density at radius 3 is 2.25 bits per heavy atom. The maximum absolute atomic E-state index is 12.3. The highest BCUT2D eigenvalue weighted by molar-refractivity contribution is 6.30. The lowest BCUT2D eigenvalue weighted by molar-refractivity contribution is 0.0735. The summed E-state index contributed by atoms with van der Waals surface area (Å²) in [5, 5.41) is 4.63. The monoisotopic (exact) mass is 448 g/mol. The molecule has 7 heteroatoms. The van der Waals surface area contributed by atoms with E-state index in [-0.39, 0.29) is 0 Å². The first kappa shape index (κ1) is 21.6. The van der Waals surface area contributed by atoms with Crippen molar-refractivity contribution >= 4 is 17.6 Å². The van der Waals surface area contributed by atoms with Gasteiger partial charge in [-0.15, -0.1) is 0 Å². The summed E-state index contributed by atoms with van der Waals surface area (Å²) in [6.07, 6.45) is 2.11. The molecule has 0 aliphatic heterocycles. The van der Waals surface area contributed by atoms with E-state index in [1.54, 1.807) is 48.5 Å². The van der Waals surface area contributed by atoms with Gasteiger partial charge in [0.05, 0.1) is 12.2 Å². The summed E-state index contributed by atoms with van der Waals surface area (Å²) in [7, 11) is 0. The van der Waals surface area contributed by atoms with Gasteiger partial charge in [-0.2, -0.15) is 4.98 Å². The first-order valence-electron chi connectivity index (χ1n) is 10.3. The molecule has 0 spiro atoms. The summed E-state index contributed by atoms with van der Waals surface area (Å²) in [5.74, 6) is 1.61. The van der Waals surface area contributed by atoms with Gasteiger partial charge >= 0.3 is 5.97 Å². The third-order valence-electron chi connectivity index (χ3n) is 4.70. The van der Waals surface area contributed by atoms with Crippen LogP contribution in [0, 0.1) is 0 Å².